The van der Waals surface area contributed by atoms with E-state index in [0.29, 0.717) is 17.9 Å². The summed E-state index contributed by atoms with van der Waals surface area (Å²) >= 11 is 3.44. The summed E-state index contributed by atoms with van der Waals surface area (Å²) < 4.78 is 12.4. The Hall–Kier alpha value is -2.44. The third-order valence-electron chi connectivity index (χ3n) is 4.69. The van der Waals surface area contributed by atoms with Crippen molar-refractivity contribution >= 4 is 33.7 Å². The van der Waals surface area contributed by atoms with Crippen LogP contribution in [-0.2, 0) is 14.4 Å². The molecule has 0 spiro atoms. The second-order valence-corrected chi connectivity index (χ2v) is 7.67. The van der Waals surface area contributed by atoms with Gasteiger partial charge in [-0.05, 0) is 55.2 Å². The van der Waals surface area contributed by atoms with Crippen LogP contribution in [0.2, 0.25) is 0 Å². The molecule has 2 aromatic rings. The normalized spacial score (nSPS) is 20.8. The van der Waals surface area contributed by atoms with E-state index in [4.69, 9.17) is 14.3 Å². The van der Waals surface area contributed by atoms with Gasteiger partial charge in [-0.2, -0.15) is 0 Å². The first-order valence-electron chi connectivity index (χ1n) is 9.31. The van der Waals surface area contributed by atoms with E-state index in [0.717, 1.165) is 40.8 Å². The summed E-state index contributed by atoms with van der Waals surface area (Å²) in [5.74, 6) is 0.330. The van der Waals surface area contributed by atoms with Crippen molar-refractivity contribution in [2.24, 2.45) is 5.16 Å². The zero-order valence-electron chi connectivity index (χ0n) is 15.3. The van der Waals surface area contributed by atoms with Gasteiger partial charge in [-0.25, -0.2) is 4.79 Å². The molecule has 5 nitrogen and oxygen atoms in total. The molecule has 0 N–H and O–H groups in total. The van der Waals surface area contributed by atoms with Crippen LogP contribution in [0.4, 0.5) is 0 Å². The zero-order valence-corrected chi connectivity index (χ0v) is 16.9. The zero-order chi connectivity index (χ0) is 19.3. The predicted octanol–water partition coefficient (Wildman–Crippen LogP) is 4.74. The van der Waals surface area contributed by atoms with E-state index in [1.54, 1.807) is 6.08 Å². The molecule has 2 heterocycles. The lowest BCUT2D eigenvalue weighted by atomic mass is 10.0. The summed E-state index contributed by atoms with van der Waals surface area (Å²) in [6.45, 7) is 1.38. The Balaban J connectivity index is 1.46. The molecule has 0 radical (unpaired) electrons. The van der Waals surface area contributed by atoms with Crippen LogP contribution in [0.25, 0.3) is 6.08 Å². The Kier molecular flexibility index (Phi) is 5.88. The highest BCUT2D eigenvalue weighted by Gasteiger charge is 2.26. The first-order chi connectivity index (χ1) is 13.7. The SMILES string of the molecule is O=C1ON=C(c2cccc(Br)c2)/C1=C/c1ccc(OCC2CCCCO2)cc1. The quantitative estimate of drug-likeness (QED) is 0.496. The topological polar surface area (TPSA) is 57.1 Å². The monoisotopic (exact) mass is 441 g/mol. The maximum atomic E-state index is 12.1. The van der Waals surface area contributed by atoms with Crippen molar-refractivity contribution in [2.75, 3.05) is 13.2 Å². The Morgan fingerprint density at radius 1 is 1.18 bits per heavy atom. The van der Waals surface area contributed by atoms with Crippen molar-refractivity contribution in [3.63, 3.8) is 0 Å². The lowest BCUT2D eigenvalue weighted by Crippen LogP contribution is -2.25. The van der Waals surface area contributed by atoms with Crippen LogP contribution >= 0.6 is 15.9 Å². The average Bonchev–Trinajstić information content (AvgIpc) is 3.08. The smallest absolute Gasteiger partial charge is 0.368 e. The van der Waals surface area contributed by atoms with Crippen LogP contribution in [0.1, 0.15) is 30.4 Å². The molecular weight excluding hydrogens is 422 g/mol. The minimum Gasteiger partial charge on any atom is -0.491 e. The Bertz CT molecular complexity index is 914. The van der Waals surface area contributed by atoms with Crippen LogP contribution in [-0.4, -0.2) is 31.0 Å². The maximum Gasteiger partial charge on any atom is 0.368 e. The fourth-order valence-corrected chi connectivity index (χ4v) is 3.61. The fraction of sp³-hybridized carbons (Fsp3) is 0.273. The van der Waals surface area contributed by atoms with Crippen LogP contribution < -0.4 is 4.74 Å². The number of halogens is 1. The molecule has 0 amide bonds. The summed E-state index contributed by atoms with van der Waals surface area (Å²) in [6.07, 6.45) is 5.33. The average molecular weight is 442 g/mol. The van der Waals surface area contributed by atoms with Crippen molar-refractivity contribution < 1.29 is 19.1 Å². The summed E-state index contributed by atoms with van der Waals surface area (Å²) in [4.78, 5) is 17.0. The highest BCUT2D eigenvalue weighted by atomic mass is 79.9. The molecule has 1 fully saturated rings. The highest BCUT2D eigenvalue weighted by molar-refractivity contribution is 9.10. The summed E-state index contributed by atoms with van der Waals surface area (Å²) in [7, 11) is 0. The third kappa shape index (κ3) is 4.51. The fourth-order valence-electron chi connectivity index (χ4n) is 3.21. The number of carbonyl (C=O) groups is 1. The lowest BCUT2D eigenvalue weighted by Gasteiger charge is -2.22. The van der Waals surface area contributed by atoms with E-state index in [2.05, 4.69) is 21.1 Å². The van der Waals surface area contributed by atoms with Gasteiger partial charge in [-0.3, -0.25) is 0 Å². The van der Waals surface area contributed by atoms with Crippen molar-refractivity contribution in [1.29, 1.82) is 0 Å². The molecule has 2 aromatic carbocycles. The van der Waals surface area contributed by atoms with Gasteiger partial charge in [-0.15, -0.1) is 0 Å². The highest BCUT2D eigenvalue weighted by Crippen LogP contribution is 2.24. The molecular formula is C22H20BrNO4. The number of oxime groups is 1. The molecule has 0 aliphatic carbocycles. The van der Waals surface area contributed by atoms with Gasteiger partial charge in [0, 0.05) is 16.6 Å². The number of nitrogens with zero attached hydrogens (tertiary/aromatic N) is 1. The predicted molar refractivity (Wildman–Crippen MR) is 110 cm³/mol. The Labute approximate surface area is 172 Å². The largest absolute Gasteiger partial charge is 0.491 e. The number of benzene rings is 2. The standard InChI is InChI=1S/C22H20BrNO4/c23-17-5-3-4-16(13-17)21-20(22(25)28-24-21)12-15-7-9-18(10-8-15)27-14-19-6-1-2-11-26-19/h3-5,7-10,12-13,19H,1-2,6,11,14H2/b20-12-. The molecule has 1 atom stereocenters. The van der Waals surface area contributed by atoms with E-state index >= 15 is 0 Å². The van der Waals surface area contributed by atoms with Crippen molar-refractivity contribution in [2.45, 2.75) is 25.4 Å². The first kappa shape index (κ1) is 18.9. The number of hydrogen-bond donors (Lipinski definition) is 0. The molecule has 28 heavy (non-hydrogen) atoms. The third-order valence-corrected chi connectivity index (χ3v) is 5.19. The van der Waals surface area contributed by atoms with E-state index in [-0.39, 0.29) is 6.10 Å². The summed E-state index contributed by atoms with van der Waals surface area (Å²) in [5.41, 5.74) is 2.65. The molecule has 144 valence electrons. The molecule has 0 aromatic heterocycles. The van der Waals surface area contributed by atoms with E-state index in [1.807, 2.05) is 48.5 Å². The molecule has 1 saturated heterocycles. The molecule has 2 aliphatic rings. The molecule has 0 saturated carbocycles. The second kappa shape index (κ2) is 8.71. The van der Waals surface area contributed by atoms with E-state index in [1.165, 1.54) is 6.42 Å². The van der Waals surface area contributed by atoms with Gasteiger partial charge in [0.15, 0.2) is 0 Å². The van der Waals surface area contributed by atoms with Crippen molar-refractivity contribution in [3.05, 3.63) is 69.7 Å². The number of ether oxygens (including phenoxy) is 2. The van der Waals surface area contributed by atoms with Gasteiger partial charge in [0.2, 0.25) is 0 Å². The van der Waals surface area contributed by atoms with Crippen LogP contribution in [0.5, 0.6) is 5.75 Å². The number of rotatable bonds is 5. The van der Waals surface area contributed by atoms with Crippen LogP contribution in [0.3, 0.4) is 0 Å². The lowest BCUT2D eigenvalue weighted by molar-refractivity contribution is -0.136. The molecule has 1 unspecified atom stereocenters. The first-order valence-corrected chi connectivity index (χ1v) is 10.1. The molecule has 6 heteroatoms. The van der Waals surface area contributed by atoms with Gasteiger partial charge < -0.3 is 14.3 Å². The Morgan fingerprint density at radius 2 is 2.04 bits per heavy atom. The molecule has 0 bridgehead atoms. The Morgan fingerprint density at radius 3 is 2.79 bits per heavy atom. The molecule has 4 rings (SSSR count). The van der Waals surface area contributed by atoms with Gasteiger partial charge in [0.1, 0.15) is 18.1 Å². The maximum absolute atomic E-state index is 12.1. The van der Waals surface area contributed by atoms with Gasteiger partial charge in [-0.1, -0.05) is 45.4 Å². The van der Waals surface area contributed by atoms with Crippen molar-refractivity contribution in [3.8, 4) is 5.75 Å². The van der Waals surface area contributed by atoms with Crippen molar-refractivity contribution in [1.82, 2.24) is 0 Å². The minimum absolute atomic E-state index is 0.174. The number of hydrogen-bond acceptors (Lipinski definition) is 5. The van der Waals surface area contributed by atoms with Crippen LogP contribution in [0.15, 0.2) is 63.7 Å². The van der Waals surface area contributed by atoms with Gasteiger partial charge in [0.25, 0.3) is 0 Å². The summed E-state index contributed by atoms with van der Waals surface area (Å²) in [6, 6.07) is 15.2. The second-order valence-electron chi connectivity index (χ2n) is 6.76. The van der Waals surface area contributed by atoms with Crippen LogP contribution in [0, 0.1) is 0 Å². The molecule has 2 aliphatic heterocycles. The van der Waals surface area contributed by atoms with Gasteiger partial charge >= 0.3 is 5.97 Å². The van der Waals surface area contributed by atoms with Gasteiger partial charge in [0.05, 0.1) is 11.7 Å². The van der Waals surface area contributed by atoms with E-state index in [9.17, 15) is 4.79 Å². The minimum atomic E-state index is -0.454. The van der Waals surface area contributed by atoms with E-state index < -0.39 is 5.97 Å². The summed E-state index contributed by atoms with van der Waals surface area (Å²) in [5, 5.41) is 3.94. The number of carbonyl (C=O) groups excluding carboxylic acids is 1.